The molecular formula is C6H12BrF. The summed E-state index contributed by atoms with van der Waals surface area (Å²) < 4.78 is 11.7. The molecule has 0 saturated heterocycles. The van der Waals surface area contributed by atoms with Crippen LogP contribution in [0.4, 0.5) is 4.39 Å². The molecule has 0 spiro atoms. The monoisotopic (exact) mass is 182 g/mol. The smallest absolute Gasteiger partial charge is 0.0919 e. The van der Waals surface area contributed by atoms with Gasteiger partial charge >= 0.3 is 0 Å². The molecule has 0 aromatic carbocycles. The third-order valence-corrected chi connectivity index (χ3v) is 1.65. The van der Waals surface area contributed by atoms with Gasteiger partial charge < -0.3 is 0 Å². The van der Waals surface area contributed by atoms with Gasteiger partial charge in [0.05, 0.1) is 6.67 Å². The van der Waals surface area contributed by atoms with Crippen molar-refractivity contribution in [2.45, 2.75) is 19.8 Å². The first-order valence-electron chi connectivity index (χ1n) is 2.93. The Hall–Kier alpha value is 0.410. The zero-order valence-electron chi connectivity index (χ0n) is 5.16. The lowest BCUT2D eigenvalue weighted by Crippen LogP contribution is -1.95. The Labute approximate surface area is 58.6 Å². The number of alkyl halides is 2. The van der Waals surface area contributed by atoms with Gasteiger partial charge in [0, 0.05) is 5.33 Å². The van der Waals surface area contributed by atoms with Gasteiger partial charge in [-0.25, -0.2) is 0 Å². The van der Waals surface area contributed by atoms with E-state index in [1.165, 1.54) is 0 Å². The summed E-state index contributed by atoms with van der Waals surface area (Å²) >= 11 is 3.28. The lowest BCUT2D eigenvalue weighted by Gasteiger charge is -2.01. The van der Waals surface area contributed by atoms with Gasteiger partial charge in [-0.05, 0) is 18.8 Å². The molecule has 0 aromatic heterocycles. The Balaban J connectivity index is 2.86. The fourth-order valence-electron chi connectivity index (χ4n) is 0.503. The molecule has 0 bridgehead atoms. The van der Waals surface area contributed by atoms with Crippen LogP contribution in [0.15, 0.2) is 0 Å². The molecule has 8 heavy (non-hydrogen) atoms. The molecule has 0 amide bonds. The van der Waals surface area contributed by atoms with E-state index in [9.17, 15) is 4.39 Å². The van der Waals surface area contributed by atoms with Crippen molar-refractivity contribution in [3.8, 4) is 0 Å². The van der Waals surface area contributed by atoms with E-state index in [2.05, 4.69) is 15.9 Å². The predicted octanol–water partition coefficient (Wildman–Crippen LogP) is 2.77. The van der Waals surface area contributed by atoms with Crippen LogP contribution in [0.3, 0.4) is 0 Å². The number of hydrogen-bond donors (Lipinski definition) is 0. The zero-order chi connectivity index (χ0) is 6.41. The predicted molar refractivity (Wildman–Crippen MR) is 38.2 cm³/mol. The summed E-state index contributed by atoms with van der Waals surface area (Å²) in [5.41, 5.74) is 0. The maximum Gasteiger partial charge on any atom is 0.0919 e. The molecule has 1 atom stereocenters. The fourth-order valence-corrected chi connectivity index (χ4v) is 0.827. The van der Waals surface area contributed by atoms with E-state index in [0.717, 1.165) is 18.2 Å². The van der Waals surface area contributed by atoms with Crippen LogP contribution >= 0.6 is 15.9 Å². The topological polar surface area (TPSA) is 0 Å². The van der Waals surface area contributed by atoms with Crippen molar-refractivity contribution < 1.29 is 4.39 Å². The normalized spacial score (nSPS) is 13.9. The summed E-state index contributed by atoms with van der Waals surface area (Å²) in [6.07, 6.45) is 2.09. The van der Waals surface area contributed by atoms with Crippen molar-refractivity contribution in [3.05, 3.63) is 0 Å². The second-order valence-corrected chi connectivity index (χ2v) is 2.88. The molecule has 0 rings (SSSR count). The highest BCUT2D eigenvalue weighted by molar-refractivity contribution is 9.09. The zero-order valence-corrected chi connectivity index (χ0v) is 6.75. The summed E-state index contributed by atoms with van der Waals surface area (Å²) in [4.78, 5) is 0. The Morgan fingerprint density at radius 3 is 2.62 bits per heavy atom. The maximum absolute atomic E-state index is 11.7. The molecule has 0 fully saturated rings. The minimum absolute atomic E-state index is 0.174. The number of rotatable bonds is 4. The van der Waals surface area contributed by atoms with Crippen molar-refractivity contribution >= 4 is 15.9 Å². The van der Waals surface area contributed by atoms with Crippen LogP contribution in [0.1, 0.15) is 19.8 Å². The van der Waals surface area contributed by atoms with E-state index >= 15 is 0 Å². The van der Waals surface area contributed by atoms with Gasteiger partial charge in [-0.15, -0.1) is 0 Å². The average Bonchev–Trinajstić information content (AvgIpc) is 1.83. The van der Waals surface area contributed by atoms with Gasteiger partial charge in [-0.1, -0.05) is 22.9 Å². The summed E-state index contributed by atoms with van der Waals surface area (Å²) in [6, 6.07) is 0. The highest BCUT2D eigenvalue weighted by Gasteiger charge is 1.97. The van der Waals surface area contributed by atoms with Crippen LogP contribution in [-0.2, 0) is 0 Å². The quantitative estimate of drug-likeness (QED) is 0.588. The standard InChI is InChI=1S/C6H12BrF/c1-6(5-8)3-2-4-7/h6H,2-5H2,1H3. The first-order valence-corrected chi connectivity index (χ1v) is 4.05. The third kappa shape index (κ3) is 4.57. The van der Waals surface area contributed by atoms with E-state index < -0.39 is 0 Å². The molecule has 0 heterocycles. The Kier molecular flexibility index (Phi) is 5.83. The molecule has 0 aromatic rings. The first-order chi connectivity index (χ1) is 3.81. The first kappa shape index (κ1) is 8.41. The highest BCUT2D eigenvalue weighted by atomic mass is 79.9. The second-order valence-electron chi connectivity index (χ2n) is 2.09. The van der Waals surface area contributed by atoms with Crippen molar-refractivity contribution in [2.24, 2.45) is 5.92 Å². The average molecular weight is 183 g/mol. The Morgan fingerprint density at radius 2 is 2.25 bits per heavy atom. The van der Waals surface area contributed by atoms with Gasteiger partial charge in [0.1, 0.15) is 0 Å². The highest BCUT2D eigenvalue weighted by Crippen LogP contribution is 2.06. The summed E-state index contributed by atoms with van der Waals surface area (Å²) in [5.74, 6) is 0.257. The van der Waals surface area contributed by atoms with E-state index in [1.54, 1.807) is 0 Å². The number of halogens is 2. The van der Waals surface area contributed by atoms with Gasteiger partial charge in [0.25, 0.3) is 0 Å². The van der Waals surface area contributed by atoms with Crippen LogP contribution in [0.5, 0.6) is 0 Å². The van der Waals surface area contributed by atoms with Gasteiger partial charge in [-0.2, -0.15) is 0 Å². The SMILES string of the molecule is CC(CF)CCCBr. The second kappa shape index (κ2) is 5.54. The summed E-state index contributed by atoms with van der Waals surface area (Å²) in [5, 5.41) is 0.997. The molecule has 0 aliphatic rings. The van der Waals surface area contributed by atoms with Gasteiger partial charge in [0.15, 0.2) is 0 Å². The summed E-state index contributed by atoms with van der Waals surface area (Å²) in [7, 11) is 0. The van der Waals surface area contributed by atoms with E-state index in [0.29, 0.717) is 0 Å². The number of hydrogen-bond acceptors (Lipinski definition) is 0. The maximum atomic E-state index is 11.7. The van der Waals surface area contributed by atoms with Crippen LogP contribution < -0.4 is 0 Å². The molecule has 0 saturated carbocycles. The largest absolute Gasteiger partial charge is 0.251 e. The van der Waals surface area contributed by atoms with Crippen LogP contribution in [0.2, 0.25) is 0 Å². The molecule has 0 N–H and O–H groups in total. The lowest BCUT2D eigenvalue weighted by atomic mass is 10.1. The Bertz CT molecular complexity index is 47.8. The van der Waals surface area contributed by atoms with Gasteiger partial charge in [-0.3, -0.25) is 4.39 Å². The molecule has 0 radical (unpaired) electrons. The molecule has 2 heteroatoms. The molecule has 1 unspecified atom stereocenters. The van der Waals surface area contributed by atoms with Crippen molar-refractivity contribution in [1.82, 2.24) is 0 Å². The minimum atomic E-state index is -0.174. The van der Waals surface area contributed by atoms with E-state index in [1.807, 2.05) is 6.92 Å². The third-order valence-electron chi connectivity index (χ3n) is 1.09. The van der Waals surface area contributed by atoms with E-state index in [4.69, 9.17) is 0 Å². The molecular weight excluding hydrogens is 171 g/mol. The minimum Gasteiger partial charge on any atom is -0.251 e. The molecule has 0 aliphatic heterocycles. The van der Waals surface area contributed by atoms with Crippen LogP contribution in [0, 0.1) is 5.92 Å². The molecule has 50 valence electrons. The van der Waals surface area contributed by atoms with Crippen molar-refractivity contribution in [1.29, 1.82) is 0 Å². The van der Waals surface area contributed by atoms with Gasteiger partial charge in [0.2, 0.25) is 0 Å². The van der Waals surface area contributed by atoms with Crippen LogP contribution in [0.25, 0.3) is 0 Å². The molecule has 0 nitrogen and oxygen atoms in total. The Morgan fingerprint density at radius 1 is 1.62 bits per heavy atom. The fraction of sp³-hybridized carbons (Fsp3) is 1.00. The molecule has 0 aliphatic carbocycles. The van der Waals surface area contributed by atoms with Crippen LogP contribution in [-0.4, -0.2) is 12.0 Å². The van der Waals surface area contributed by atoms with Crippen molar-refractivity contribution in [3.63, 3.8) is 0 Å². The lowest BCUT2D eigenvalue weighted by molar-refractivity contribution is 0.365. The van der Waals surface area contributed by atoms with E-state index in [-0.39, 0.29) is 12.6 Å². The summed E-state index contributed by atoms with van der Waals surface area (Å²) in [6.45, 7) is 1.76. The van der Waals surface area contributed by atoms with Crippen molar-refractivity contribution in [2.75, 3.05) is 12.0 Å².